The molecule has 0 radical (unpaired) electrons. The maximum Gasteiger partial charge on any atom is 0.273 e. The fourth-order valence-electron chi connectivity index (χ4n) is 2.90. The first-order chi connectivity index (χ1) is 10.2. The first-order valence-corrected chi connectivity index (χ1v) is 8.08. The minimum absolute atomic E-state index is 0.0111. The largest absolute Gasteiger partial charge is 0.472 e. The number of nitrogens with two attached hydrogens (primary N) is 1. The fourth-order valence-corrected chi connectivity index (χ4v) is 3.68. The number of furan rings is 1. The summed E-state index contributed by atoms with van der Waals surface area (Å²) in [6.07, 6.45) is 5.40. The van der Waals surface area contributed by atoms with E-state index in [1.807, 2.05) is 16.3 Å². The fraction of sp³-hybridized carbons (Fsp3) is 0.467. The van der Waals surface area contributed by atoms with Gasteiger partial charge in [0.1, 0.15) is 17.0 Å². The van der Waals surface area contributed by atoms with Gasteiger partial charge >= 0.3 is 0 Å². The Bertz CT molecular complexity index is 608. The van der Waals surface area contributed by atoms with Gasteiger partial charge in [-0.05, 0) is 24.8 Å². The van der Waals surface area contributed by atoms with Crippen LogP contribution in [0.5, 0.6) is 0 Å². The highest BCUT2D eigenvalue weighted by Gasteiger charge is 2.32. The lowest BCUT2D eigenvalue weighted by Crippen LogP contribution is -2.51. The van der Waals surface area contributed by atoms with Gasteiger partial charge in [-0.2, -0.15) is 0 Å². The Kier molecular flexibility index (Phi) is 4.07. The Hall–Kier alpha value is -1.66. The Morgan fingerprint density at radius 3 is 3.19 bits per heavy atom. The predicted octanol–water partition coefficient (Wildman–Crippen LogP) is 2.60. The normalized spacial score (nSPS) is 22.5. The molecule has 2 aromatic rings. The average molecular weight is 305 g/mol. The van der Waals surface area contributed by atoms with E-state index in [4.69, 9.17) is 10.2 Å². The summed E-state index contributed by atoms with van der Waals surface area (Å²) in [5.74, 6) is 0.433. The van der Waals surface area contributed by atoms with Crippen molar-refractivity contribution in [3.63, 3.8) is 0 Å². The van der Waals surface area contributed by atoms with Gasteiger partial charge in [0.2, 0.25) is 0 Å². The number of piperidine rings is 1. The van der Waals surface area contributed by atoms with E-state index in [1.165, 1.54) is 11.3 Å². The Balaban J connectivity index is 1.81. The molecule has 0 bridgehead atoms. The van der Waals surface area contributed by atoms with Crippen molar-refractivity contribution in [1.82, 2.24) is 9.88 Å². The molecule has 1 amide bonds. The number of hydrogen-bond donors (Lipinski definition) is 1. The SMILES string of the molecule is C[C@@H]1CCCN(C(=O)c2csc(-c3ccoc3)n2)[C@H]1CN. The zero-order chi connectivity index (χ0) is 14.8. The van der Waals surface area contributed by atoms with Crippen LogP contribution in [-0.4, -0.2) is 34.9 Å². The third-order valence-corrected chi connectivity index (χ3v) is 5.00. The lowest BCUT2D eigenvalue weighted by Gasteiger charge is -2.39. The van der Waals surface area contributed by atoms with Crippen LogP contribution in [0.4, 0.5) is 0 Å². The van der Waals surface area contributed by atoms with Crippen LogP contribution in [0.3, 0.4) is 0 Å². The van der Waals surface area contributed by atoms with Crippen molar-refractivity contribution in [2.75, 3.05) is 13.1 Å². The molecule has 0 aromatic carbocycles. The van der Waals surface area contributed by atoms with Gasteiger partial charge in [0.15, 0.2) is 0 Å². The third kappa shape index (κ3) is 2.73. The number of likely N-dealkylation sites (tertiary alicyclic amines) is 1. The van der Waals surface area contributed by atoms with E-state index in [0.29, 0.717) is 18.2 Å². The summed E-state index contributed by atoms with van der Waals surface area (Å²) < 4.78 is 5.06. The molecule has 0 aliphatic carbocycles. The molecule has 2 N–H and O–H groups in total. The molecule has 3 heterocycles. The summed E-state index contributed by atoms with van der Waals surface area (Å²) in [6, 6.07) is 1.96. The lowest BCUT2D eigenvalue weighted by molar-refractivity contribution is 0.0527. The molecule has 1 saturated heterocycles. The highest BCUT2D eigenvalue weighted by molar-refractivity contribution is 7.13. The van der Waals surface area contributed by atoms with Crippen LogP contribution in [0.1, 0.15) is 30.3 Å². The number of carbonyl (C=O) groups is 1. The van der Waals surface area contributed by atoms with E-state index < -0.39 is 0 Å². The van der Waals surface area contributed by atoms with E-state index in [1.54, 1.807) is 12.5 Å². The summed E-state index contributed by atoms with van der Waals surface area (Å²) in [5.41, 5.74) is 7.27. The van der Waals surface area contributed by atoms with Gasteiger partial charge in [0.05, 0.1) is 6.26 Å². The summed E-state index contributed by atoms with van der Waals surface area (Å²) in [7, 11) is 0. The number of aromatic nitrogens is 1. The zero-order valence-electron chi connectivity index (χ0n) is 12.0. The number of amides is 1. The van der Waals surface area contributed by atoms with Gasteiger partial charge in [-0.3, -0.25) is 4.79 Å². The van der Waals surface area contributed by atoms with Crippen molar-refractivity contribution in [2.45, 2.75) is 25.8 Å². The van der Waals surface area contributed by atoms with E-state index >= 15 is 0 Å². The van der Waals surface area contributed by atoms with Crippen molar-refractivity contribution in [2.24, 2.45) is 11.7 Å². The Morgan fingerprint density at radius 1 is 1.62 bits per heavy atom. The van der Waals surface area contributed by atoms with Crippen LogP contribution in [0.25, 0.3) is 10.6 Å². The second kappa shape index (κ2) is 5.99. The van der Waals surface area contributed by atoms with Gasteiger partial charge in [0, 0.05) is 30.1 Å². The molecule has 0 unspecified atom stereocenters. The molecule has 5 nitrogen and oxygen atoms in total. The maximum atomic E-state index is 12.7. The maximum absolute atomic E-state index is 12.7. The van der Waals surface area contributed by atoms with Crippen molar-refractivity contribution in [3.05, 3.63) is 29.7 Å². The van der Waals surface area contributed by atoms with Crippen molar-refractivity contribution < 1.29 is 9.21 Å². The Morgan fingerprint density at radius 2 is 2.48 bits per heavy atom. The number of hydrogen-bond acceptors (Lipinski definition) is 5. The first kappa shape index (κ1) is 14.3. The van der Waals surface area contributed by atoms with Crippen LogP contribution in [0.2, 0.25) is 0 Å². The zero-order valence-corrected chi connectivity index (χ0v) is 12.8. The number of nitrogens with zero attached hydrogens (tertiary/aromatic N) is 2. The molecule has 3 rings (SSSR count). The van der Waals surface area contributed by atoms with Gasteiger partial charge < -0.3 is 15.1 Å². The van der Waals surface area contributed by atoms with Crippen molar-refractivity contribution in [3.8, 4) is 10.6 Å². The highest BCUT2D eigenvalue weighted by Crippen LogP contribution is 2.27. The van der Waals surface area contributed by atoms with E-state index in [0.717, 1.165) is 30.0 Å². The second-order valence-electron chi connectivity index (χ2n) is 5.47. The van der Waals surface area contributed by atoms with E-state index in [9.17, 15) is 4.79 Å². The topological polar surface area (TPSA) is 72.4 Å². The third-order valence-electron chi connectivity index (χ3n) is 4.11. The molecule has 0 saturated carbocycles. The molecule has 21 heavy (non-hydrogen) atoms. The molecule has 0 spiro atoms. The van der Waals surface area contributed by atoms with Gasteiger partial charge in [-0.25, -0.2) is 4.98 Å². The highest BCUT2D eigenvalue weighted by atomic mass is 32.1. The lowest BCUT2D eigenvalue weighted by atomic mass is 9.90. The smallest absolute Gasteiger partial charge is 0.273 e. The minimum atomic E-state index is -0.0111. The summed E-state index contributed by atoms with van der Waals surface area (Å²) >= 11 is 1.46. The van der Waals surface area contributed by atoms with E-state index in [-0.39, 0.29) is 11.9 Å². The molecule has 1 fully saturated rings. The van der Waals surface area contributed by atoms with Gasteiger partial charge in [0.25, 0.3) is 5.91 Å². The molecule has 1 aliphatic heterocycles. The molecular weight excluding hydrogens is 286 g/mol. The van der Waals surface area contributed by atoms with Crippen LogP contribution < -0.4 is 5.73 Å². The first-order valence-electron chi connectivity index (χ1n) is 7.20. The monoisotopic (exact) mass is 305 g/mol. The second-order valence-corrected chi connectivity index (χ2v) is 6.33. The predicted molar refractivity (Wildman–Crippen MR) is 82.1 cm³/mol. The van der Waals surface area contributed by atoms with Gasteiger partial charge in [-0.1, -0.05) is 6.92 Å². The molecule has 2 aromatic heterocycles. The van der Waals surface area contributed by atoms with Crippen LogP contribution in [-0.2, 0) is 0 Å². The van der Waals surface area contributed by atoms with E-state index in [2.05, 4.69) is 11.9 Å². The minimum Gasteiger partial charge on any atom is -0.472 e. The quantitative estimate of drug-likeness (QED) is 0.946. The molecule has 6 heteroatoms. The number of rotatable bonds is 3. The number of thiazole rings is 1. The van der Waals surface area contributed by atoms with Crippen LogP contribution in [0.15, 0.2) is 28.4 Å². The van der Waals surface area contributed by atoms with Crippen LogP contribution in [0, 0.1) is 5.92 Å². The van der Waals surface area contributed by atoms with Crippen LogP contribution >= 0.6 is 11.3 Å². The molecule has 1 aliphatic rings. The molecule has 2 atom stereocenters. The Labute approximate surface area is 127 Å². The molecular formula is C15H19N3O2S. The standard InChI is InChI=1S/C15H19N3O2S/c1-10-3-2-5-18(13(10)7-16)15(19)12-9-21-14(17-12)11-4-6-20-8-11/h4,6,8-10,13H,2-3,5,7,16H2,1H3/t10-,13+/m1/s1. The summed E-state index contributed by atoms with van der Waals surface area (Å²) in [5, 5.41) is 2.62. The molecule has 112 valence electrons. The average Bonchev–Trinajstić information content (AvgIpc) is 3.16. The summed E-state index contributed by atoms with van der Waals surface area (Å²) in [4.78, 5) is 19.0. The van der Waals surface area contributed by atoms with Crippen molar-refractivity contribution >= 4 is 17.2 Å². The van der Waals surface area contributed by atoms with Gasteiger partial charge in [-0.15, -0.1) is 11.3 Å². The number of carbonyl (C=O) groups excluding carboxylic acids is 1. The summed E-state index contributed by atoms with van der Waals surface area (Å²) in [6.45, 7) is 3.43. The van der Waals surface area contributed by atoms with Crippen molar-refractivity contribution in [1.29, 1.82) is 0 Å².